The predicted octanol–water partition coefficient (Wildman–Crippen LogP) is 3.29. The third kappa shape index (κ3) is 4.52. The van der Waals surface area contributed by atoms with Crippen LogP contribution in [0.5, 0.6) is 0 Å². The number of piperidine rings is 1. The van der Waals surface area contributed by atoms with E-state index in [0.717, 1.165) is 16.8 Å². The molecule has 1 aliphatic rings. The molecule has 1 aliphatic heterocycles. The summed E-state index contributed by atoms with van der Waals surface area (Å²) < 4.78 is 0. The van der Waals surface area contributed by atoms with Gasteiger partial charge in [-0.25, -0.2) is 0 Å². The zero-order valence-electron chi connectivity index (χ0n) is 16.3. The van der Waals surface area contributed by atoms with Crippen molar-refractivity contribution in [1.29, 1.82) is 0 Å². The zero-order chi connectivity index (χ0) is 20.9. The maximum Gasteiger partial charge on any atom is 0.274 e. The summed E-state index contributed by atoms with van der Waals surface area (Å²) in [7, 11) is 0. The number of aromatic nitrogens is 3. The molecule has 0 atom stereocenters. The molecule has 0 radical (unpaired) electrons. The standard InChI is InChI=1S/C22H22ClN5O2/c23-18-6-2-1-4-16(18)14-25-21(29)15-7-10-28(11-8-15)22(30)20-12-19(26-27-20)17-5-3-9-24-13-17/h1-6,9,12-13,15H,7-8,10-11,14H2,(H,25,29)(H,26,27). The number of aromatic amines is 1. The second-order valence-electron chi connectivity index (χ2n) is 7.28. The lowest BCUT2D eigenvalue weighted by Gasteiger charge is -2.30. The van der Waals surface area contributed by atoms with Gasteiger partial charge in [0, 0.05) is 48.5 Å². The SMILES string of the molecule is O=C(NCc1ccccc1Cl)C1CCN(C(=O)c2cc(-c3cccnc3)[nH]n2)CC1. The molecule has 3 heterocycles. The van der Waals surface area contributed by atoms with Crippen molar-refractivity contribution >= 4 is 23.4 Å². The fourth-order valence-corrected chi connectivity index (χ4v) is 3.78. The zero-order valence-corrected chi connectivity index (χ0v) is 17.1. The number of hydrogen-bond acceptors (Lipinski definition) is 4. The fraction of sp³-hybridized carbons (Fsp3) is 0.273. The smallest absolute Gasteiger partial charge is 0.274 e. The van der Waals surface area contributed by atoms with E-state index in [1.807, 2.05) is 36.4 Å². The molecule has 0 aliphatic carbocycles. The molecule has 154 valence electrons. The monoisotopic (exact) mass is 423 g/mol. The molecular weight excluding hydrogens is 402 g/mol. The maximum atomic E-state index is 12.8. The predicted molar refractivity (Wildman–Crippen MR) is 114 cm³/mol. The number of carbonyl (C=O) groups excluding carboxylic acids is 2. The van der Waals surface area contributed by atoms with E-state index in [0.29, 0.717) is 43.2 Å². The summed E-state index contributed by atoms with van der Waals surface area (Å²) in [4.78, 5) is 31.1. The Morgan fingerprint density at radius 1 is 1.17 bits per heavy atom. The summed E-state index contributed by atoms with van der Waals surface area (Å²) in [5.41, 5.74) is 2.89. The molecule has 1 saturated heterocycles. The van der Waals surface area contributed by atoms with E-state index in [2.05, 4.69) is 20.5 Å². The number of H-pyrrole nitrogens is 1. The van der Waals surface area contributed by atoms with Crippen molar-refractivity contribution < 1.29 is 9.59 Å². The van der Waals surface area contributed by atoms with E-state index in [4.69, 9.17) is 11.6 Å². The number of likely N-dealkylation sites (tertiary alicyclic amines) is 1. The molecule has 0 bridgehead atoms. The number of rotatable bonds is 5. The van der Waals surface area contributed by atoms with E-state index in [1.165, 1.54) is 0 Å². The molecule has 2 aromatic heterocycles. The largest absolute Gasteiger partial charge is 0.352 e. The number of benzene rings is 1. The Balaban J connectivity index is 1.30. The van der Waals surface area contributed by atoms with E-state index in [9.17, 15) is 9.59 Å². The van der Waals surface area contributed by atoms with Crippen LogP contribution in [-0.2, 0) is 11.3 Å². The minimum atomic E-state index is -0.128. The molecular formula is C22H22ClN5O2. The average molecular weight is 424 g/mol. The molecule has 0 saturated carbocycles. The van der Waals surface area contributed by atoms with E-state index in [-0.39, 0.29) is 17.7 Å². The Labute approximate surface area is 179 Å². The first-order valence-electron chi connectivity index (χ1n) is 9.88. The Hall–Kier alpha value is -3.19. The molecule has 2 N–H and O–H groups in total. The Morgan fingerprint density at radius 3 is 2.70 bits per heavy atom. The highest BCUT2D eigenvalue weighted by atomic mass is 35.5. The lowest BCUT2D eigenvalue weighted by molar-refractivity contribution is -0.126. The minimum absolute atomic E-state index is 0.000604. The van der Waals surface area contributed by atoms with Gasteiger partial charge in [-0.05, 0) is 42.7 Å². The second kappa shape index (κ2) is 9.09. The highest BCUT2D eigenvalue weighted by molar-refractivity contribution is 6.31. The van der Waals surface area contributed by atoms with Crippen molar-refractivity contribution in [1.82, 2.24) is 25.4 Å². The second-order valence-corrected chi connectivity index (χ2v) is 7.69. The number of hydrogen-bond donors (Lipinski definition) is 2. The summed E-state index contributed by atoms with van der Waals surface area (Å²) in [5.74, 6) is -0.237. The molecule has 8 heteroatoms. The summed E-state index contributed by atoms with van der Waals surface area (Å²) >= 11 is 6.14. The van der Waals surface area contributed by atoms with Crippen LogP contribution in [0.4, 0.5) is 0 Å². The molecule has 3 aromatic rings. The molecule has 2 amide bonds. The Morgan fingerprint density at radius 2 is 1.97 bits per heavy atom. The summed E-state index contributed by atoms with van der Waals surface area (Å²) in [6.45, 7) is 1.46. The normalized spacial score (nSPS) is 14.5. The molecule has 7 nitrogen and oxygen atoms in total. The van der Waals surface area contributed by atoms with Crippen LogP contribution in [0.2, 0.25) is 5.02 Å². The number of pyridine rings is 1. The Bertz CT molecular complexity index is 1030. The first-order valence-corrected chi connectivity index (χ1v) is 10.3. The lowest BCUT2D eigenvalue weighted by atomic mass is 9.95. The first-order chi connectivity index (χ1) is 14.6. The van der Waals surface area contributed by atoms with Gasteiger partial charge >= 0.3 is 0 Å². The molecule has 1 fully saturated rings. The van der Waals surface area contributed by atoms with Crippen molar-refractivity contribution in [2.75, 3.05) is 13.1 Å². The highest BCUT2D eigenvalue weighted by Gasteiger charge is 2.28. The maximum absolute atomic E-state index is 12.8. The third-order valence-corrected chi connectivity index (χ3v) is 5.70. The topological polar surface area (TPSA) is 91.0 Å². The van der Waals surface area contributed by atoms with Crippen LogP contribution in [0.15, 0.2) is 54.9 Å². The lowest BCUT2D eigenvalue weighted by Crippen LogP contribution is -2.43. The number of carbonyl (C=O) groups is 2. The highest BCUT2D eigenvalue weighted by Crippen LogP contribution is 2.22. The molecule has 0 spiro atoms. The van der Waals surface area contributed by atoms with Crippen molar-refractivity contribution in [3.8, 4) is 11.3 Å². The van der Waals surface area contributed by atoms with E-state index < -0.39 is 0 Å². The van der Waals surface area contributed by atoms with Crippen LogP contribution < -0.4 is 5.32 Å². The van der Waals surface area contributed by atoms with Crippen LogP contribution in [0.25, 0.3) is 11.3 Å². The fourth-order valence-electron chi connectivity index (χ4n) is 3.58. The minimum Gasteiger partial charge on any atom is -0.352 e. The van der Waals surface area contributed by atoms with Crippen LogP contribution >= 0.6 is 11.6 Å². The number of nitrogens with one attached hydrogen (secondary N) is 2. The quantitative estimate of drug-likeness (QED) is 0.658. The van der Waals surface area contributed by atoms with Crippen molar-refractivity contribution in [2.24, 2.45) is 5.92 Å². The third-order valence-electron chi connectivity index (χ3n) is 5.33. The summed E-state index contributed by atoms with van der Waals surface area (Å²) in [6, 6.07) is 12.9. The van der Waals surface area contributed by atoms with Crippen molar-refractivity contribution in [3.05, 3.63) is 71.1 Å². The van der Waals surface area contributed by atoms with Crippen LogP contribution in [-0.4, -0.2) is 45.0 Å². The van der Waals surface area contributed by atoms with Gasteiger partial charge in [0.15, 0.2) is 5.69 Å². The number of amides is 2. The van der Waals surface area contributed by atoms with Crippen molar-refractivity contribution in [2.45, 2.75) is 19.4 Å². The summed E-state index contributed by atoms with van der Waals surface area (Å²) in [5, 5.41) is 10.6. The van der Waals surface area contributed by atoms with Gasteiger partial charge in [0.25, 0.3) is 5.91 Å². The average Bonchev–Trinajstić information content (AvgIpc) is 3.29. The van der Waals surface area contributed by atoms with E-state index >= 15 is 0 Å². The van der Waals surface area contributed by atoms with Crippen LogP contribution in [0, 0.1) is 5.92 Å². The summed E-state index contributed by atoms with van der Waals surface area (Å²) in [6.07, 6.45) is 4.66. The van der Waals surface area contributed by atoms with Gasteiger partial charge in [-0.1, -0.05) is 29.8 Å². The van der Waals surface area contributed by atoms with Gasteiger partial charge in [-0.2, -0.15) is 5.10 Å². The van der Waals surface area contributed by atoms with Gasteiger partial charge < -0.3 is 10.2 Å². The first kappa shape index (κ1) is 20.1. The number of halogens is 1. The van der Waals surface area contributed by atoms with Gasteiger partial charge in [-0.3, -0.25) is 19.7 Å². The van der Waals surface area contributed by atoms with Gasteiger partial charge in [-0.15, -0.1) is 0 Å². The molecule has 30 heavy (non-hydrogen) atoms. The van der Waals surface area contributed by atoms with E-state index in [1.54, 1.807) is 23.4 Å². The molecule has 1 aromatic carbocycles. The van der Waals surface area contributed by atoms with Gasteiger partial charge in [0.1, 0.15) is 0 Å². The molecule has 0 unspecified atom stereocenters. The van der Waals surface area contributed by atoms with Crippen molar-refractivity contribution in [3.63, 3.8) is 0 Å². The Kier molecular flexibility index (Phi) is 6.09. The molecule has 4 rings (SSSR count). The van der Waals surface area contributed by atoms with Gasteiger partial charge in [0.05, 0.1) is 5.69 Å². The van der Waals surface area contributed by atoms with Crippen LogP contribution in [0.1, 0.15) is 28.9 Å². The number of nitrogens with zero attached hydrogens (tertiary/aromatic N) is 3. The van der Waals surface area contributed by atoms with Gasteiger partial charge in [0.2, 0.25) is 5.91 Å². The van der Waals surface area contributed by atoms with Crippen LogP contribution in [0.3, 0.4) is 0 Å².